The second kappa shape index (κ2) is 2.90. The van der Waals surface area contributed by atoms with Crippen molar-refractivity contribution in [3.63, 3.8) is 0 Å². The van der Waals surface area contributed by atoms with Gasteiger partial charge < -0.3 is 4.74 Å². The third kappa shape index (κ3) is 1.39. The van der Waals surface area contributed by atoms with E-state index in [1.165, 1.54) is 0 Å². The molecule has 2 heterocycles. The summed E-state index contributed by atoms with van der Waals surface area (Å²) in [6.07, 6.45) is 7.69. The highest BCUT2D eigenvalue weighted by Gasteiger charge is 2.23. The number of hydrogen-bond acceptors (Lipinski definition) is 4. The summed E-state index contributed by atoms with van der Waals surface area (Å²) >= 11 is 0. The molecular formula is C10H9N3O. The molecule has 0 unspecified atom stereocenters. The molecule has 0 aliphatic heterocycles. The molecule has 0 radical (unpaired) electrons. The molecule has 70 valence electrons. The molecule has 3 rings (SSSR count). The lowest BCUT2D eigenvalue weighted by molar-refractivity contribution is 0.302. The van der Waals surface area contributed by atoms with Crippen LogP contribution >= 0.6 is 0 Å². The summed E-state index contributed by atoms with van der Waals surface area (Å²) < 4.78 is 5.60. The molecule has 0 saturated heterocycles. The summed E-state index contributed by atoms with van der Waals surface area (Å²) in [6.45, 7) is 0. The molecule has 1 saturated carbocycles. The van der Waals surface area contributed by atoms with E-state index in [-0.39, 0.29) is 0 Å². The van der Waals surface area contributed by atoms with E-state index in [1.54, 1.807) is 18.6 Å². The predicted octanol–water partition coefficient (Wildman–Crippen LogP) is 1.57. The van der Waals surface area contributed by atoms with E-state index < -0.39 is 0 Å². The summed E-state index contributed by atoms with van der Waals surface area (Å²) in [4.78, 5) is 12.4. The summed E-state index contributed by atoms with van der Waals surface area (Å²) in [5.41, 5.74) is 1.45. The third-order valence-electron chi connectivity index (χ3n) is 2.13. The van der Waals surface area contributed by atoms with Gasteiger partial charge in [-0.2, -0.15) is 0 Å². The first kappa shape index (κ1) is 7.67. The van der Waals surface area contributed by atoms with Crippen LogP contribution in [-0.4, -0.2) is 21.1 Å². The first-order valence-electron chi connectivity index (χ1n) is 4.65. The van der Waals surface area contributed by atoms with Crippen molar-refractivity contribution < 1.29 is 4.74 Å². The van der Waals surface area contributed by atoms with Crippen LogP contribution in [0.25, 0.3) is 11.2 Å². The molecule has 1 fully saturated rings. The van der Waals surface area contributed by atoms with E-state index in [0.29, 0.717) is 11.8 Å². The van der Waals surface area contributed by atoms with Gasteiger partial charge in [-0.1, -0.05) is 0 Å². The highest BCUT2D eigenvalue weighted by Crippen LogP contribution is 2.26. The second-order valence-electron chi connectivity index (χ2n) is 3.39. The smallest absolute Gasteiger partial charge is 0.178 e. The van der Waals surface area contributed by atoms with Gasteiger partial charge in [-0.25, -0.2) is 9.97 Å². The molecule has 2 aromatic heterocycles. The molecule has 14 heavy (non-hydrogen) atoms. The van der Waals surface area contributed by atoms with Gasteiger partial charge in [0.2, 0.25) is 0 Å². The summed E-state index contributed by atoms with van der Waals surface area (Å²) in [5.74, 6) is 0.792. The minimum absolute atomic E-state index is 0.394. The van der Waals surface area contributed by atoms with Crippen molar-refractivity contribution >= 4 is 11.2 Å². The van der Waals surface area contributed by atoms with Crippen molar-refractivity contribution in [2.75, 3.05) is 0 Å². The fraction of sp³-hybridized carbons (Fsp3) is 0.300. The van der Waals surface area contributed by atoms with E-state index in [2.05, 4.69) is 15.0 Å². The molecule has 0 N–H and O–H groups in total. The third-order valence-corrected chi connectivity index (χ3v) is 2.13. The predicted molar refractivity (Wildman–Crippen MR) is 51.0 cm³/mol. The van der Waals surface area contributed by atoms with Gasteiger partial charge in [0.05, 0.1) is 12.3 Å². The first-order valence-corrected chi connectivity index (χ1v) is 4.65. The van der Waals surface area contributed by atoms with E-state index >= 15 is 0 Å². The van der Waals surface area contributed by atoms with Crippen molar-refractivity contribution in [1.29, 1.82) is 0 Å². The van der Waals surface area contributed by atoms with Gasteiger partial charge in [0.25, 0.3) is 0 Å². The number of rotatable bonds is 2. The molecule has 4 heteroatoms. The van der Waals surface area contributed by atoms with Crippen molar-refractivity contribution in [2.45, 2.75) is 18.9 Å². The zero-order chi connectivity index (χ0) is 9.38. The van der Waals surface area contributed by atoms with Crippen LogP contribution in [0.3, 0.4) is 0 Å². The van der Waals surface area contributed by atoms with Gasteiger partial charge in [-0.15, -0.1) is 0 Å². The lowest BCUT2D eigenvalue weighted by Crippen LogP contribution is -1.97. The van der Waals surface area contributed by atoms with Crippen molar-refractivity contribution in [1.82, 2.24) is 15.0 Å². The van der Waals surface area contributed by atoms with Crippen LogP contribution in [0, 0.1) is 0 Å². The van der Waals surface area contributed by atoms with Crippen LogP contribution in [0.2, 0.25) is 0 Å². The molecule has 0 atom stereocenters. The fourth-order valence-electron chi connectivity index (χ4n) is 1.28. The number of aromatic nitrogens is 3. The normalized spacial score (nSPS) is 15.7. The molecule has 2 aromatic rings. The Labute approximate surface area is 81.0 Å². The summed E-state index contributed by atoms with van der Waals surface area (Å²) in [5, 5.41) is 0. The SMILES string of the molecule is c1cnc2ncc(OC3CC3)cc2n1. The lowest BCUT2D eigenvalue weighted by Gasteiger charge is -2.03. The molecule has 0 aromatic carbocycles. The Hall–Kier alpha value is -1.71. The van der Waals surface area contributed by atoms with Crippen molar-refractivity contribution in [3.05, 3.63) is 24.7 Å². The van der Waals surface area contributed by atoms with Crippen molar-refractivity contribution in [2.24, 2.45) is 0 Å². The average molecular weight is 187 g/mol. The Morgan fingerprint density at radius 1 is 1.14 bits per heavy atom. The topological polar surface area (TPSA) is 47.9 Å². The van der Waals surface area contributed by atoms with Crippen molar-refractivity contribution in [3.8, 4) is 5.75 Å². The van der Waals surface area contributed by atoms with Crippen LogP contribution in [0.4, 0.5) is 0 Å². The second-order valence-corrected chi connectivity index (χ2v) is 3.39. The Kier molecular flexibility index (Phi) is 1.59. The van der Waals surface area contributed by atoms with Gasteiger partial charge in [0, 0.05) is 18.5 Å². The maximum atomic E-state index is 5.60. The maximum absolute atomic E-state index is 5.60. The quantitative estimate of drug-likeness (QED) is 0.715. The minimum Gasteiger partial charge on any atom is -0.489 e. The van der Waals surface area contributed by atoms with Crippen LogP contribution < -0.4 is 4.74 Å². The van der Waals surface area contributed by atoms with Gasteiger partial charge >= 0.3 is 0 Å². The van der Waals surface area contributed by atoms with E-state index in [9.17, 15) is 0 Å². The summed E-state index contributed by atoms with van der Waals surface area (Å²) in [7, 11) is 0. The Balaban J connectivity index is 2.01. The van der Waals surface area contributed by atoms with E-state index in [0.717, 1.165) is 24.1 Å². The molecule has 0 amide bonds. The van der Waals surface area contributed by atoms with Gasteiger partial charge in [0.15, 0.2) is 5.65 Å². The first-order chi connectivity index (χ1) is 6.92. The number of ether oxygens (including phenoxy) is 1. The largest absolute Gasteiger partial charge is 0.489 e. The highest BCUT2D eigenvalue weighted by atomic mass is 16.5. The standard InChI is InChI=1S/C10H9N3O/c1-2-7(1)14-8-5-9-10(13-6-8)12-4-3-11-9/h3-7H,1-2H2. The molecule has 0 spiro atoms. The molecule has 1 aliphatic carbocycles. The minimum atomic E-state index is 0.394. The van der Waals surface area contributed by atoms with E-state index in [1.807, 2.05) is 6.07 Å². The van der Waals surface area contributed by atoms with Crippen LogP contribution in [-0.2, 0) is 0 Å². The molecular weight excluding hydrogens is 178 g/mol. The van der Waals surface area contributed by atoms with Crippen LogP contribution in [0.1, 0.15) is 12.8 Å². The zero-order valence-corrected chi connectivity index (χ0v) is 7.55. The van der Waals surface area contributed by atoms with E-state index in [4.69, 9.17) is 4.74 Å². The Bertz CT molecular complexity index is 468. The lowest BCUT2D eigenvalue weighted by atomic mass is 10.4. The van der Waals surface area contributed by atoms with Gasteiger partial charge in [0.1, 0.15) is 11.3 Å². The number of pyridine rings is 1. The Morgan fingerprint density at radius 3 is 2.86 bits per heavy atom. The van der Waals surface area contributed by atoms with Crippen LogP contribution in [0.5, 0.6) is 5.75 Å². The number of hydrogen-bond donors (Lipinski definition) is 0. The summed E-state index contributed by atoms with van der Waals surface area (Å²) in [6, 6.07) is 1.88. The van der Waals surface area contributed by atoms with Crippen LogP contribution in [0.15, 0.2) is 24.7 Å². The maximum Gasteiger partial charge on any atom is 0.178 e. The van der Waals surface area contributed by atoms with Gasteiger partial charge in [-0.05, 0) is 12.8 Å². The molecule has 4 nitrogen and oxygen atoms in total. The number of nitrogens with zero attached hydrogens (tertiary/aromatic N) is 3. The van der Waals surface area contributed by atoms with Gasteiger partial charge in [-0.3, -0.25) is 4.98 Å². The zero-order valence-electron chi connectivity index (χ0n) is 7.55. The monoisotopic (exact) mass is 187 g/mol. The Morgan fingerprint density at radius 2 is 2.00 bits per heavy atom. The fourth-order valence-corrected chi connectivity index (χ4v) is 1.28. The molecule has 1 aliphatic rings. The average Bonchev–Trinajstić information content (AvgIpc) is 3.02. The highest BCUT2D eigenvalue weighted by molar-refractivity contribution is 5.70. The molecule has 0 bridgehead atoms. The number of fused-ring (bicyclic) bond motifs is 1.